The van der Waals surface area contributed by atoms with Crippen molar-refractivity contribution in [3.05, 3.63) is 75.1 Å². The minimum Gasteiger partial charge on any atom is -0.493 e. The van der Waals surface area contributed by atoms with Crippen LogP contribution in [0.5, 0.6) is 11.5 Å². The summed E-state index contributed by atoms with van der Waals surface area (Å²) in [5.74, 6) is 1.38. The molecule has 1 atom stereocenters. The number of amides is 1. The zero-order valence-corrected chi connectivity index (χ0v) is 19.0. The van der Waals surface area contributed by atoms with Gasteiger partial charge < -0.3 is 19.8 Å². The topological polar surface area (TPSA) is 93.3 Å². The average molecular weight is 452 g/mol. The van der Waals surface area contributed by atoms with E-state index in [0.29, 0.717) is 40.4 Å². The van der Waals surface area contributed by atoms with E-state index >= 15 is 0 Å². The quantitative estimate of drug-likeness (QED) is 0.412. The Bertz CT molecular complexity index is 1190. The van der Waals surface area contributed by atoms with Gasteiger partial charge in [-0.2, -0.15) is 0 Å². The number of thioether (sulfide) groups is 1. The van der Waals surface area contributed by atoms with Crippen LogP contribution in [0.1, 0.15) is 41.5 Å². The zero-order chi connectivity index (χ0) is 22.7. The van der Waals surface area contributed by atoms with E-state index in [4.69, 9.17) is 9.47 Å². The number of carbonyl (C=O) groups excluding carboxylic acids is 1. The maximum atomic E-state index is 13.1. The number of carbonyl (C=O) groups is 1. The molecule has 0 unspecified atom stereocenters. The third kappa shape index (κ3) is 4.50. The van der Waals surface area contributed by atoms with Gasteiger partial charge in [0.25, 0.3) is 5.56 Å². The van der Waals surface area contributed by atoms with Crippen molar-refractivity contribution in [3.8, 4) is 11.5 Å². The Morgan fingerprint density at radius 1 is 1.16 bits per heavy atom. The fraction of sp³-hybridized carbons (Fsp3) is 0.292. The van der Waals surface area contributed by atoms with Gasteiger partial charge in [0.1, 0.15) is 5.82 Å². The van der Waals surface area contributed by atoms with Gasteiger partial charge in [-0.15, -0.1) is 0 Å². The molecule has 8 heteroatoms. The van der Waals surface area contributed by atoms with Crippen LogP contribution in [0.4, 0.5) is 5.82 Å². The number of aromatic amines is 1. The lowest BCUT2D eigenvalue weighted by molar-refractivity contribution is -0.116. The number of nitrogens with one attached hydrogen (secondary N) is 2. The number of hydrogen-bond acceptors (Lipinski definition) is 6. The Kier molecular flexibility index (Phi) is 6.50. The van der Waals surface area contributed by atoms with E-state index in [1.165, 1.54) is 17.3 Å². The summed E-state index contributed by atoms with van der Waals surface area (Å²) < 4.78 is 11.3. The number of aromatic nitrogens is 2. The van der Waals surface area contributed by atoms with E-state index in [9.17, 15) is 9.59 Å². The third-order valence-electron chi connectivity index (χ3n) is 5.32. The molecule has 0 saturated carbocycles. The lowest BCUT2D eigenvalue weighted by Crippen LogP contribution is -2.31. The highest BCUT2D eigenvalue weighted by Crippen LogP contribution is 2.42. The van der Waals surface area contributed by atoms with Crippen LogP contribution in [0.25, 0.3) is 0 Å². The second-order valence-electron chi connectivity index (χ2n) is 7.52. The van der Waals surface area contributed by atoms with Gasteiger partial charge in [0.2, 0.25) is 5.91 Å². The number of rotatable bonds is 7. The first-order chi connectivity index (χ1) is 15.5. The Hall–Kier alpha value is -3.26. The van der Waals surface area contributed by atoms with E-state index in [-0.39, 0.29) is 17.9 Å². The van der Waals surface area contributed by atoms with E-state index in [0.717, 1.165) is 11.1 Å². The van der Waals surface area contributed by atoms with Gasteiger partial charge in [0.15, 0.2) is 16.7 Å². The number of fused-ring (bicyclic) bond motifs is 1. The van der Waals surface area contributed by atoms with E-state index in [2.05, 4.69) is 27.4 Å². The van der Waals surface area contributed by atoms with E-state index < -0.39 is 5.92 Å². The van der Waals surface area contributed by atoms with Crippen LogP contribution >= 0.6 is 11.8 Å². The SMILES string of the molecule is CCOc1c(OC)cccc1[C@@H]1CC(=O)Nc2nc(SCc3ccc(C)cc3)[nH]c(=O)c21. The summed E-state index contributed by atoms with van der Waals surface area (Å²) in [5.41, 5.74) is 3.21. The van der Waals surface area contributed by atoms with Crippen LogP contribution in [-0.2, 0) is 10.5 Å². The van der Waals surface area contributed by atoms with Gasteiger partial charge in [-0.3, -0.25) is 9.59 Å². The third-order valence-corrected chi connectivity index (χ3v) is 6.26. The van der Waals surface area contributed by atoms with E-state index in [1.54, 1.807) is 13.2 Å². The molecule has 166 valence electrons. The molecule has 1 aliphatic rings. The molecule has 1 amide bonds. The number of para-hydroxylation sites is 1. The lowest BCUT2D eigenvalue weighted by atomic mass is 9.86. The summed E-state index contributed by atoms with van der Waals surface area (Å²) in [6, 6.07) is 13.7. The highest BCUT2D eigenvalue weighted by Gasteiger charge is 2.33. The molecule has 2 heterocycles. The molecule has 0 bridgehead atoms. The molecule has 7 nitrogen and oxygen atoms in total. The summed E-state index contributed by atoms with van der Waals surface area (Å²) >= 11 is 1.42. The molecule has 32 heavy (non-hydrogen) atoms. The summed E-state index contributed by atoms with van der Waals surface area (Å²) in [5, 5.41) is 3.23. The highest BCUT2D eigenvalue weighted by molar-refractivity contribution is 7.98. The Balaban J connectivity index is 1.70. The smallest absolute Gasteiger partial charge is 0.257 e. The van der Waals surface area contributed by atoms with Crippen LogP contribution in [0, 0.1) is 6.92 Å². The summed E-state index contributed by atoms with van der Waals surface area (Å²) in [6.45, 7) is 4.35. The number of nitrogens with zero attached hydrogens (tertiary/aromatic N) is 1. The second-order valence-corrected chi connectivity index (χ2v) is 8.49. The first kappa shape index (κ1) is 22.0. The summed E-state index contributed by atoms with van der Waals surface area (Å²) in [7, 11) is 1.56. The number of H-pyrrole nitrogens is 1. The van der Waals surface area contributed by atoms with Crippen molar-refractivity contribution in [2.24, 2.45) is 0 Å². The van der Waals surface area contributed by atoms with Crippen molar-refractivity contribution in [1.29, 1.82) is 0 Å². The predicted octanol–water partition coefficient (Wildman–Crippen LogP) is 4.25. The van der Waals surface area contributed by atoms with Crippen molar-refractivity contribution < 1.29 is 14.3 Å². The molecule has 1 aromatic heterocycles. The van der Waals surface area contributed by atoms with Crippen LogP contribution in [-0.4, -0.2) is 29.6 Å². The van der Waals surface area contributed by atoms with Crippen molar-refractivity contribution in [2.75, 3.05) is 19.0 Å². The molecule has 3 aromatic rings. The molecule has 0 aliphatic carbocycles. The predicted molar refractivity (Wildman–Crippen MR) is 125 cm³/mol. The molecule has 0 fully saturated rings. The first-order valence-electron chi connectivity index (χ1n) is 10.4. The first-order valence-corrected chi connectivity index (χ1v) is 11.4. The average Bonchev–Trinajstić information content (AvgIpc) is 2.78. The maximum Gasteiger partial charge on any atom is 0.257 e. The van der Waals surface area contributed by atoms with Crippen molar-refractivity contribution in [3.63, 3.8) is 0 Å². The number of benzene rings is 2. The minimum atomic E-state index is -0.484. The van der Waals surface area contributed by atoms with Crippen LogP contribution in [0.2, 0.25) is 0 Å². The molecule has 0 saturated heterocycles. The normalized spacial score (nSPS) is 15.1. The summed E-state index contributed by atoms with van der Waals surface area (Å²) in [6.07, 6.45) is 0.126. The van der Waals surface area contributed by atoms with Gasteiger partial charge in [-0.1, -0.05) is 53.7 Å². The maximum absolute atomic E-state index is 13.1. The van der Waals surface area contributed by atoms with Crippen LogP contribution in [0.15, 0.2) is 52.4 Å². The molecule has 2 N–H and O–H groups in total. The molecular formula is C24H25N3O4S. The Morgan fingerprint density at radius 2 is 1.94 bits per heavy atom. The highest BCUT2D eigenvalue weighted by atomic mass is 32.2. The number of methoxy groups -OCH3 is 1. The van der Waals surface area contributed by atoms with Crippen LogP contribution < -0.4 is 20.3 Å². The Morgan fingerprint density at radius 3 is 2.66 bits per heavy atom. The lowest BCUT2D eigenvalue weighted by Gasteiger charge is -2.26. The number of hydrogen-bond donors (Lipinski definition) is 2. The van der Waals surface area contributed by atoms with Crippen LogP contribution in [0.3, 0.4) is 0 Å². The minimum absolute atomic E-state index is 0.126. The molecule has 0 radical (unpaired) electrons. The zero-order valence-electron chi connectivity index (χ0n) is 18.2. The standard InChI is InChI=1S/C24H25N3O4S/c1-4-31-21-16(6-5-7-18(21)30-3)17-12-19(28)25-22-20(17)23(29)27-24(26-22)32-13-15-10-8-14(2)9-11-15/h5-11,17H,4,12-13H2,1-3H3,(H2,25,26,27,28,29)/t17-/m0/s1. The fourth-order valence-corrected chi connectivity index (χ4v) is 4.60. The monoisotopic (exact) mass is 451 g/mol. The van der Waals surface area contributed by atoms with E-state index in [1.807, 2.05) is 38.1 Å². The molecule has 4 rings (SSSR count). The van der Waals surface area contributed by atoms with Crippen molar-refractivity contribution in [2.45, 2.75) is 37.1 Å². The molecular weight excluding hydrogens is 426 g/mol. The van der Waals surface area contributed by atoms with Gasteiger partial charge in [0, 0.05) is 23.7 Å². The number of ether oxygens (including phenoxy) is 2. The van der Waals surface area contributed by atoms with Gasteiger partial charge in [-0.25, -0.2) is 4.98 Å². The summed E-state index contributed by atoms with van der Waals surface area (Å²) in [4.78, 5) is 33.1. The van der Waals surface area contributed by atoms with Crippen molar-refractivity contribution >= 4 is 23.5 Å². The fourth-order valence-electron chi connectivity index (χ4n) is 3.79. The van der Waals surface area contributed by atoms with Gasteiger partial charge in [0.05, 0.1) is 19.3 Å². The van der Waals surface area contributed by atoms with Gasteiger partial charge in [-0.05, 0) is 25.5 Å². The molecule has 1 aliphatic heterocycles. The number of aryl methyl sites for hydroxylation is 1. The largest absolute Gasteiger partial charge is 0.493 e. The molecule has 2 aromatic carbocycles. The van der Waals surface area contributed by atoms with Gasteiger partial charge >= 0.3 is 0 Å². The van der Waals surface area contributed by atoms with Crippen molar-refractivity contribution in [1.82, 2.24) is 9.97 Å². The molecule has 0 spiro atoms. The number of anilines is 1. The Labute approximate surface area is 190 Å². The second kappa shape index (κ2) is 9.48.